The number of ether oxygens (including phenoxy) is 1. The molecular weight excluding hydrogens is 471 g/mol. The van der Waals surface area contributed by atoms with E-state index in [0.717, 1.165) is 48.3 Å². The van der Waals surface area contributed by atoms with Gasteiger partial charge in [0.15, 0.2) is 0 Å². The second-order valence-corrected chi connectivity index (χ2v) is 11.1. The summed E-state index contributed by atoms with van der Waals surface area (Å²) < 4.78 is 5.04. The van der Waals surface area contributed by atoms with Gasteiger partial charge in [0.05, 0.1) is 13.0 Å². The molecule has 0 spiro atoms. The van der Waals surface area contributed by atoms with Gasteiger partial charge in [-0.3, -0.25) is 9.59 Å². The van der Waals surface area contributed by atoms with E-state index in [-0.39, 0.29) is 47.5 Å². The Labute approximate surface area is 215 Å². The van der Waals surface area contributed by atoms with Crippen molar-refractivity contribution >= 4 is 35.9 Å². The second-order valence-electron chi connectivity index (χ2n) is 10.7. The van der Waals surface area contributed by atoms with Crippen LogP contribution in [0, 0.1) is 11.3 Å². The van der Waals surface area contributed by atoms with Crippen molar-refractivity contribution < 1.29 is 14.3 Å². The third kappa shape index (κ3) is 6.56. The molecule has 1 aliphatic heterocycles. The van der Waals surface area contributed by atoms with Crippen molar-refractivity contribution in [1.82, 2.24) is 4.90 Å². The van der Waals surface area contributed by atoms with Crippen molar-refractivity contribution in [2.75, 3.05) is 19.7 Å². The highest BCUT2D eigenvalue weighted by molar-refractivity contribution is 6.31. The molecular formula is C27H40Cl2N2O3. The highest BCUT2D eigenvalue weighted by atomic mass is 35.5. The van der Waals surface area contributed by atoms with Gasteiger partial charge in [-0.15, -0.1) is 12.4 Å². The van der Waals surface area contributed by atoms with Crippen molar-refractivity contribution in [2.24, 2.45) is 17.1 Å². The van der Waals surface area contributed by atoms with E-state index in [1.165, 1.54) is 5.57 Å². The topological polar surface area (TPSA) is 72.6 Å². The van der Waals surface area contributed by atoms with Crippen molar-refractivity contribution in [1.29, 1.82) is 0 Å². The fourth-order valence-corrected chi connectivity index (χ4v) is 5.48. The molecule has 0 saturated heterocycles. The van der Waals surface area contributed by atoms with Gasteiger partial charge in [0.1, 0.15) is 0 Å². The quantitative estimate of drug-likeness (QED) is 0.448. The maximum atomic E-state index is 13.2. The highest BCUT2D eigenvalue weighted by Gasteiger charge is 2.47. The highest BCUT2D eigenvalue weighted by Crippen LogP contribution is 2.51. The lowest BCUT2D eigenvalue weighted by molar-refractivity contribution is -0.143. The van der Waals surface area contributed by atoms with Crippen LogP contribution in [0.1, 0.15) is 77.3 Å². The molecule has 1 aromatic carbocycles. The number of hydrogen-bond acceptors (Lipinski definition) is 4. The lowest BCUT2D eigenvalue weighted by Crippen LogP contribution is -2.47. The van der Waals surface area contributed by atoms with Crippen LogP contribution in [-0.2, 0) is 26.2 Å². The molecule has 190 valence electrons. The summed E-state index contributed by atoms with van der Waals surface area (Å²) >= 11 is 6.76. The van der Waals surface area contributed by atoms with E-state index in [1.807, 2.05) is 6.20 Å². The van der Waals surface area contributed by atoms with E-state index in [4.69, 9.17) is 22.1 Å². The second kappa shape index (κ2) is 11.9. The van der Waals surface area contributed by atoms with Crippen LogP contribution in [0.15, 0.2) is 30.0 Å². The number of amides is 1. The summed E-state index contributed by atoms with van der Waals surface area (Å²) in [6.07, 6.45) is 7.50. The minimum Gasteiger partial charge on any atom is -0.466 e. The number of esters is 1. The molecule has 2 aliphatic rings. The largest absolute Gasteiger partial charge is 0.466 e. The molecule has 1 aromatic rings. The van der Waals surface area contributed by atoms with Gasteiger partial charge in [0.2, 0.25) is 5.91 Å². The molecule has 34 heavy (non-hydrogen) atoms. The summed E-state index contributed by atoms with van der Waals surface area (Å²) in [4.78, 5) is 26.8. The molecule has 2 atom stereocenters. The summed E-state index contributed by atoms with van der Waals surface area (Å²) in [6.45, 7) is 9.73. The number of nitrogens with zero attached hydrogens (tertiary/aromatic N) is 1. The Kier molecular flexibility index (Phi) is 10.1. The van der Waals surface area contributed by atoms with Crippen LogP contribution < -0.4 is 5.73 Å². The van der Waals surface area contributed by atoms with Crippen LogP contribution in [0.3, 0.4) is 0 Å². The van der Waals surface area contributed by atoms with Crippen LogP contribution in [-0.4, -0.2) is 36.5 Å². The Morgan fingerprint density at radius 2 is 2.06 bits per heavy atom. The number of hydrogen-bond donors (Lipinski definition) is 1. The number of rotatable bonds is 8. The fourth-order valence-electron chi connectivity index (χ4n) is 5.21. The maximum Gasteiger partial charge on any atom is 0.307 e. The van der Waals surface area contributed by atoms with Crippen LogP contribution in [0.25, 0.3) is 0 Å². The average Bonchev–Trinajstić information content (AvgIpc) is 2.75. The first-order valence-electron chi connectivity index (χ1n) is 12.3. The summed E-state index contributed by atoms with van der Waals surface area (Å²) in [5.74, 6) is -0.0258. The van der Waals surface area contributed by atoms with Gasteiger partial charge in [-0.1, -0.05) is 50.9 Å². The van der Waals surface area contributed by atoms with E-state index < -0.39 is 0 Å². The summed E-state index contributed by atoms with van der Waals surface area (Å²) in [7, 11) is 0. The number of carbonyl (C=O) groups is 2. The number of halogens is 2. The zero-order valence-electron chi connectivity index (χ0n) is 21.0. The molecule has 2 unspecified atom stereocenters. The zero-order valence-corrected chi connectivity index (χ0v) is 22.6. The minimum atomic E-state index is -0.369. The van der Waals surface area contributed by atoms with Crippen LogP contribution in [0.2, 0.25) is 5.02 Å². The predicted octanol–water partition coefficient (Wildman–Crippen LogP) is 5.81. The van der Waals surface area contributed by atoms with Gasteiger partial charge in [0.25, 0.3) is 0 Å². The molecule has 1 saturated carbocycles. The number of aryl methyl sites for hydroxylation is 1. The Morgan fingerprint density at radius 1 is 1.32 bits per heavy atom. The predicted molar refractivity (Wildman–Crippen MR) is 140 cm³/mol. The van der Waals surface area contributed by atoms with Gasteiger partial charge in [-0.05, 0) is 73.3 Å². The van der Waals surface area contributed by atoms with Gasteiger partial charge in [-0.2, -0.15) is 0 Å². The van der Waals surface area contributed by atoms with E-state index in [0.29, 0.717) is 26.1 Å². The number of nitrogens with two attached hydrogens (primary N) is 1. The molecule has 1 amide bonds. The first kappa shape index (κ1) is 28.7. The first-order valence-corrected chi connectivity index (χ1v) is 12.6. The van der Waals surface area contributed by atoms with E-state index in [1.54, 1.807) is 11.8 Å². The third-order valence-electron chi connectivity index (χ3n) is 7.11. The molecule has 0 aromatic heterocycles. The van der Waals surface area contributed by atoms with E-state index in [2.05, 4.69) is 39.0 Å². The lowest BCUT2D eigenvalue weighted by atomic mass is 9.59. The Bertz CT molecular complexity index is 910. The van der Waals surface area contributed by atoms with Crippen molar-refractivity contribution in [3.05, 3.63) is 46.1 Å². The smallest absolute Gasteiger partial charge is 0.307 e. The minimum absolute atomic E-state index is 0. The standard InChI is InChI=1S/C27H39ClN2O3.ClH/c1-5-33-25(32)11-14-30-18-22-20(17-29)7-6-12-27(22,16-24(30)31)21-9-8-19(23(28)15-21)10-13-26(2,3)4;/h8-9,15,18,20H,5-7,10-14,16-17,29H2,1-4H3;1H. The van der Waals surface area contributed by atoms with Gasteiger partial charge < -0.3 is 15.4 Å². The number of fused-ring (bicyclic) bond motifs is 1. The van der Waals surface area contributed by atoms with Gasteiger partial charge >= 0.3 is 5.97 Å². The molecule has 1 heterocycles. The van der Waals surface area contributed by atoms with Gasteiger partial charge in [-0.25, -0.2) is 0 Å². The van der Waals surface area contributed by atoms with Crippen molar-refractivity contribution in [3.8, 4) is 0 Å². The van der Waals surface area contributed by atoms with Gasteiger partial charge in [0, 0.05) is 29.6 Å². The molecule has 0 radical (unpaired) electrons. The first-order chi connectivity index (χ1) is 15.6. The van der Waals surface area contributed by atoms with Crippen LogP contribution in [0.4, 0.5) is 0 Å². The van der Waals surface area contributed by atoms with Crippen molar-refractivity contribution in [2.45, 2.75) is 78.1 Å². The summed E-state index contributed by atoms with van der Waals surface area (Å²) in [5, 5.41) is 0.775. The molecule has 7 heteroatoms. The maximum absolute atomic E-state index is 13.2. The average molecular weight is 512 g/mol. The zero-order chi connectivity index (χ0) is 24.2. The molecule has 2 N–H and O–H groups in total. The summed E-state index contributed by atoms with van der Waals surface area (Å²) in [6, 6.07) is 6.38. The van der Waals surface area contributed by atoms with Crippen LogP contribution in [0.5, 0.6) is 0 Å². The molecule has 1 aliphatic carbocycles. The van der Waals surface area contributed by atoms with Crippen molar-refractivity contribution in [3.63, 3.8) is 0 Å². The molecule has 0 bridgehead atoms. The number of carbonyl (C=O) groups excluding carboxylic acids is 2. The normalized spacial score (nSPS) is 22.5. The molecule has 3 rings (SSSR count). The van der Waals surface area contributed by atoms with Crippen LogP contribution >= 0.6 is 24.0 Å². The SMILES string of the molecule is CCOC(=O)CCN1C=C2C(CN)CCCC2(c2ccc(CCC(C)(C)C)c(Cl)c2)CC1=O.Cl. The fraction of sp³-hybridized carbons (Fsp3) is 0.630. The number of benzene rings is 1. The Hall–Kier alpha value is -1.56. The Balaban J connectivity index is 0.00000408. The summed E-state index contributed by atoms with van der Waals surface area (Å²) in [5.41, 5.74) is 9.52. The Morgan fingerprint density at radius 3 is 2.68 bits per heavy atom. The molecule has 1 fully saturated rings. The van der Waals surface area contributed by atoms with E-state index >= 15 is 0 Å². The lowest BCUT2D eigenvalue weighted by Gasteiger charge is -2.48. The third-order valence-corrected chi connectivity index (χ3v) is 7.47. The van der Waals surface area contributed by atoms with E-state index in [9.17, 15) is 9.59 Å². The molecule has 5 nitrogen and oxygen atoms in total. The monoisotopic (exact) mass is 510 g/mol.